The van der Waals surface area contributed by atoms with Crippen LogP contribution in [0.2, 0.25) is 0 Å². The second kappa shape index (κ2) is 9.34. The van der Waals surface area contributed by atoms with Crippen LogP contribution in [0.1, 0.15) is 57.4 Å². The van der Waals surface area contributed by atoms with Crippen molar-refractivity contribution in [1.82, 2.24) is 0 Å². The van der Waals surface area contributed by atoms with Gasteiger partial charge in [0.25, 0.3) is 0 Å². The van der Waals surface area contributed by atoms with Crippen LogP contribution in [0.5, 0.6) is 0 Å². The molecule has 23 heavy (non-hydrogen) atoms. The van der Waals surface area contributed by atoms with Crippen molar-refractivity contribution in [1.29, 1.82) is 0 Å². The van der Waals surface area contributed by atoms with Crippen molar-refractivity contribution in [3.63, 3.8) is 0 Å². The first kappa shape index (κ1) is 17.5. The van der Waals surface area contributed by atoms with Gasteiger partial charge < -0.3 is 5.73 Å². The highest BCUT2D eigenvalue weighted by atomic mass is 14.8. The summed E-state index contributed by atoms with van der Waals surface area (Å²) in [6.07, 6.45) is 14.2. The zero-order valence-electron chi connectivity index (χ0n) is 14.5. The molecule has 0 spiro atoms. The maximum Gasteiger partial charge on any atom is 0.0801 e. The lowest BCUT2D eigenvalue weighted by atomic mass is 9.73. The molecule has 1 aliphatic rings. The van der Waals surface area contributed by atoms with E-state index in [1.165, 1.54) is 30.3 Å². The average Bonchev–Trinajstić information content (AvgIpc) is 2.61. The first-order valence-electron chi connectivity index (χ1n) is 8.96. The molecule has 124 valence electrons. The van der Waals surface area contributed by atoms with E-state index < -0.39 is 0 Å². The molecule has 2 rings (SSSR count). The SMILES string of the molecule is CCCC(C(CC)N=CN)C(C1=CCCC=C1)c1ccccc1. The van der Waals surface area contributed by atoms with Gasteiger partial charge in [-0.3, -0.25) is 4.99 Å². The van der Waals surface area contributed by atoms with Crippen molar-refractivity contribution in [3.8, 4) is 0 Å². The summed E-state index contributed by atoms with van der Waals surface area (Å²) in [6, 6.07) is 11.2. The summed E-state index contributed by atoms with van der Waals surface area (Å²) in [7, 11) is 0. The van der Waals surface area contributed by atoms with E-state index in [-0.39, 0.29) is 6.04 Å². The number of nitrogens with two attached hydrogens (primary N) is 1. The standard InChI is InChI=1S/C21H30N2/c1-3-11-19(20(4-2)23-16-22)21(17-12-7-5-8-13-17)18-14-9-6-10-15-18/h5,7-9,12-16,19-21H,3-4,6,10-11H2,1-2H3,(H2,22,23). The van der Waals surface area contributed by atoms with Gasteiger partial charge in [0.05, 0.1) is 12.4 Å². The van der Waals surface area contributed by atoms with Gasteiger partial charge >= 0.3 is 0 Å². The number of hydrogen-bond acceptors (Lipinski definition) is 1. The van der Waals surface area contributed by atoms with Gasteiger partial charge in [-0.15, -0.1) is 0 Å². The van der Waals surface area contributed by atoms with Crippen LogP contribution >= 0.6 is 0 Å². The Labute approximate surface area is 141 Å². The smallest absolute Gasteiger partial charge is 0.0801 e. The van der Waals surface area contributed by atoms with Crippen LogP contribution in [0.3, 0.4) is 0 Å². The van der Waals surface area contributed by atoms with Crippen molar-refractivity contribution in [2.45, 2.75) is 57.9 Å². The first-order chi connectivity index (χ1) is 11.3. The zero-order valence-corrected chi connectivity index (χ0v) is 14.5. The lowest BCUT2D eigenvalue weighted by Gasteiger charge is -2.33. The fourth-order valence-corrected chi connectivity index (χ4v) is 3.76. The van der Waals surface area contributed by atoms with Gasteiger partial charge in [0.15, 0.2) is 0 Å². The lowest BCUT2D eigenvalue weighted by Crippen LogP contribution is -2.27. The normalized spacial score (nSPS) is 18.6. The summed E-state index contributed by atoms with van der Waals surface area (Å²) in [4.78, 5) is 4.60. The Kier molecular flexibility index (Phi) is 7.12. The van der Waals surface area contributed by atoms with Crippen molar-refractivity contribution in [2.24, 2.45) is 16.6 Å². The van der Waals surface area contributed by atoms with E-state index in [0.29, 0.717) is 11.8 Å². The molecule has 0 aromatic heterocycles. The quantitative estimate of drug-likeness (QED) is 0.518. The number of rotatable bonds is 8. The van der Waals surface area contributed by atoms with Gasteiger partial charge in [-0.2, -0.15) is 0 Å². The summed E-state index contributed by atoms with van der Waals surface area (Å²) >= 11 is 0. The summed E-state index contributed by atoms with van der Waals surface area (Å²) in [5, 5.41) is 0. The van der Waals surface area contributed by atoms with Gasteiger partial charge in [-0.25, -0.2) is 0 Å². The van der Waals surface area contributed by atoms with Crippen molar-refractivity contribution < 1.29 is 0 Å². The maximum absolute atomic E-state index is 5.64. The summed E-state index contributed by atoms with van der Waals surface area (Å²) in [5.41, 5.74) is 8.48. The molecule has 2 nitrogen and oxygen atoms in total. The van der Waals surface area contributed by atoms with Gasteiger partial charge in [-0.05, 0) is 42.7 Å². The van der Waals surface area contributed by atoms with E-state index in [0.717, 1.165) is 19.3 Å². The summed E-state index contributed by atoms with van der Waals surface area (Å²) < 4.78 is 0. The van der Waals surface area contributed by atoms with Crippen LogP contribution < -0.4 is 5.73 Å². The Hall–Kier alpha value is -1.83. The van der Waals surface area contributed by atoms with Crippen LogP contribution in [0, 0.1) is 5.92 Å². The highest BCUT2D eigenvalue weighted by Gasteiger charge is 2.30. The lowest BCUT2D eigenvalue weighted by molar-refractivity contribution is 0.346. The Morgan fingerprint density at radius 1 is 1.17 bits per heavy atom. The number of nitrogens with zero attached hydrogens (tertiary/aromatic N) is 1. The molecule has 1 aromatic rings. The average molecular weight is 310 g/mol. The monoisotopic (exact) mass is 310 g/mol. The Balaban J connectivity index is 2.44. The minimum atomic E-state index is 0.279. The molecule has 0 bridgehead atoms. The highest BCUT2D eigenvalue weighted by Crippen LogP contribution is 2.40. The Morgan fingerprint density at radius 3 is 2.52 bits per heavy atom. The molecule has 2 N–H and O–H groups in total. The van der Waals surface area contributed by atoms with E-state index in [4.69, 9.17) is 5.73 Å². The van der Waals surface area contributed by atoms with Gasteiger partial charge in [0, 0.05) is 5.92 Å². The van der Waals surface area contributed by atoms with E-state index >= 15 is 0 Å². The molecule has 0 amide bonds. The van der Waals surface area contributed by atoms with Crippen LogP contribution in [-0.4, -0.2) is 12.4 Å². The third-order valence-electron chi connectivity index (χ3n) is 4.78. The largest absolute Gasteiger partial charge is 0.390 e. The first-order valence-corrected chi connectivity index (χ1v) is 8.96. The van der Waals surface area contributed by atoms with Gasteiger partial charge in [0.2, 0.25) is 0 Å². The topological polar surface area (TPSA) is 38.4 Å². The van der Waals surface area contributed by atoms with Gasteiger partial charge in [0.1, 0.15) is 0 Å². The van der Waals surface area contributed by atoms with Crippen LogP contribution in [0.25, 0.3) is 0 Å². The summed E-state index contributed by atoms with van der Waals surface area (Å²) in [6.45, 7) is 4.48. The fourth-order valence-electron chi connectivity index (χ4n) is 3.76. The van der Waals surface area contributed by atoms with Gasteiger partial charge in [-0.1, -0.05) is 68.8 Å². The molecule has 0 heterocycles. The van der Waals surface area contributed by atoms with Crippen LogP contribution in [-0.2, 0) is 0 Å². The molecular weight excluding hydrogens is 280 g/mol. The number of benzene rings is 1. The molecule has 1 aliphatic carbocycles. The second-order valence-electron chi connectivity index (χ2n) is 6.30. The van der Waals surface area contributed by atoms with E-state index in [2.05, 4.69) is 67.4 Å². The number of hydrogen-bond donors (Lipinski definition) is 1. The molecule has 2 heteroatoms. The second-order valence-corrected chi connectivity index (χ2v) is 6.30. The fraction of sp³-hybridized carbons (Fsp3) is 0.476. The predicted octanol–water partition coefficient (Wildman–Crippen LogP) is 5.23. The third kappa shape index (κ3) is 4.57. The molecule has 0 radical (unpaired) electrons. The molecule has 3 unspecified atom stereocenters. The predicted molar refractivity (Wildman–Crippen MR) is 101 cm³/mol. The molecule has 1 aromatic carbocycles. The highest BCUT2D eigenvalue weighted by molar-refractivity contribution is 5.51. The van der Waals surface area contributed by atoms with Crippen molar-refractivity contribution in [3.05, 3.63) is 59.7 Å². The number of aliphatic imine (C=N–C) groups is 1. The van der Waals surface area contributed by atoms with Crippen molar-refractivity contribution >= 4 is 6.34 Å². The molecule has 0 saturated carbocycles. The zero-order chi connectivity index (χ0) is 16.5. The number of allylic oxidation sites excluding steroid dienone is 4. The maximum atomic E-state index is 5.64. The molecule has 0 saturated heterocycles. The van der Waals surface area contributed by atoms with E-state index in [1.54, 1.807) is 0 Å². The molecule has 0 fully saturated rings. The molecular formula is C21H30N2. The molecule has 0 aliphatic heterocycles. The van der Waals surface area contributed by atoms with Crippen LogP contribution in [0.15, 0.2) is 59.1 Å². The minimum Gasteiger partial charge on any atom is -0.390 e. The van der Waals surface area contributed by atoms with Crippen LogP contribution in [0.4, 0.5) is 0 Å². The van der Waals surface area contributed by atoms with E-state index in [9.17, 15) is 0 Å². The Bertz CT molecular complexity index is 542. The molecule has 3 atom stereocenters. The Morgan fingerprint density at radius 2 is 1.96 bits per heavy atom. The third-order valence-corrected chi connectivity index (χ3v) is 4.78. The van der Waals surface area contributed by atoms with E-state index in [1.807, 2.05) is 0 Å². The van der Waals surface area contributed by atoms with Crippen molar-refractivity contribution in [2.75, 3.05) is 0 Å². The minimum absolute atomic E-state index is 0.279. The summed E-state index contributed by atoms with van der Waals surface area (Å²) in [5.74, 6) is 0.891.